The Labute approximate surface area is 125 Å². The lowest BCUT2D eigenvalue weighted by Gasteiger charge is -2.09. The van der Waals surface area contributed by atoms with E-state index in [1.165, 1.54) is 0 Å². The molecule has 0 saturated heterocycles. The van der Waals surface area contributed by atoms with Gasteiger partial charge in [0.05, 0.1) is 6.33 Å². The number of aromatic nitrogens is 4. The molecule has 6 nitrogen and oxygen atoms in total. The number of aryl methyl sites for hydroxylation is 1. The third kappa shape index (κ3) is 3.43. The summed E-state index contributed by atoms with van der Waals surface area (Å²) in [4.78, 5) is 21.1. The number of anilines is 1. The molecule has 0 aliphatic carbocycles. The van der Waals surface area contributed by atoms with E-state index in [4.69, 9.17) is 5.73 Å². The van der Waals surface area contributed by atoms with Crippen LogP contribution < -0.4 is 11.3 Å². The fourth-order valence-corrected chi connectivity index (χ4v) is 2.51. The lowest BCUT2D eigenvalue weighted by molar-refractivity contribution is 0.583. The average Bonchev–Trinajstić information content (AvgIpc) is 2.86. The second kappa shape index (κ2) is 7.24. The van der Waals surface area contributed by atoms with E-state index < -0.39 is 0 Å². The fourth-order valence-electron chi connectivity index (χ4n) is 2.51. The van der Waals surface area contributed by atoms with E-state index in [1.807, 2.05) is 4.57 Å². The van der Waals surface area contributed by atoms with Gasteiger partial charge >= 0.3 is 0 Å². The lowest BCUT2D eigenvalue weighted by Crippen LogP contribution is -2.26. The second-order valence-electron chi connectivity index (χ2n) is 5.45. The van der Waals surface area contributed by atoms with E-state index in [0.717, 1.165) is 45.1 Å². The number of rotatable bonds is 8. The highest BCUT2D eigenvalue weighted by molar-refractivity contribution is 5.70. The van der Waals surface area contributed by atoms with Crippen molar-refractivity contribution in [2.75, 3.05) is 5.73 Å². The molecule has 0 aliphatic heterocycles. The summed E-state index contributed by atoms with van der Waals surface area (Å²) in [7, 11) is 0. The fraction of sp³-hybridized carbons (Fsp3) is 0.667. The molecule has 116 valence electrons. The molecule has 2 aromatic heterocycles. The Morgan fingerprint density at radius 2 is 1.76 bits per heavy atom. The van der Waals surface area contributed by atoms with Crippen LogP contribution in [0.15, 0.2) is 11.1 Å². The standard InChI is InChI=1S/C15H25N5O/c1-3-5-7-9-19-11-17-13-12(19)14(21)20(15(16)18-13)10-8-6-4-2/h11H,3-10H2,1-2H3,(H2,16,18). The number of hydrogen-bond acceptors (Lipinski definition) is 4. The molecule has 0 aromatic carbocycles. The van der Waals surface area contributed by atoms with E-state index in [9.17, 15) is 4.79 Å². The molecule has 6 heteroatoms. The predicted molar refractivity (Wildman–Crippen MR) is 85.3 cm³/mol. The summed E-state index contributed by atoms with van der Waals surface area (Å²) in [6.45, 7) is 5.73. The van der Waals surface area contributed by atoms with Gasteiger partial charge in [0.1, 0.15) is 0 Å². The molecule has 0 aliphatic rings. The summed E-state index contributed by atoms with van der Waals surface area (Å²) < 4.78 is 3.49. The van der Waals surface area contributed by atoms with Crippen LogP contribution in [0.25, 0.3) is 11.2 Å². The highest BCUT2D eigenvalue weighted by atomic mass is 16.1. The van der Waals surface area contributed by atoms with Crippen molar-refractivity contribution in [3.8, 4) is 0 Å². The largest absolute Gasteiger partial charge is 0.369 e. The van der Waals surface area contributed by atoms with Crippen LogP contribution in [-0.4, -0.2) is 19.1 Å². The summed E-state index contributed by atoms with van der Waals surface area (Å²) in [5.74, 6) is 0.266. The molecule has 0 fully saturated rings. The number of nitrogen functional groups attached to an aromatic ring is 1. The number of fused-ring (bicyclic) bond motifs is 1. The lowest BCUT2D eigenvalue weighted by atomic mass is 10.2. The summed E-state index contributed by atoms with van der Waals surface area (Å²) >= 11 is 0. The molecule has 0 amide bonds. The van der Waals surface area contributed by atoms with Crippen molar-refractivity contribution in [3.05, 3.63) is 16.7 Å². The quantitative estimate of drug-likeness (QED) is 0.758. The summed E-state index contributed by atoms with van der Waals surface area (Å²) in [6.07, 6.45) is 8.18. The first kappa shape index (κ1) is 15.5. The van der Waals surface area contributed by atoms with Crippen molar-refractivity contribution in [1.82, 2.24) is 19.1 Å². The third-order valence-electron chi connectivity index (χ3n) is 3.75. The Bertz CT molecular complexity index is 643. The van der Waals surface area contributed by atoms with Crippen molar-refractivity contribution in [2.24, 2.45) is 0 Å². The van der Waals surface area contributed by atoms with Gasteiger partial charge in [-0.1, -0.05) is 39.5 Å². The van der Waals surface area contributed by atoms with Crippen molar-refractivity contribution >= 4 is 17.1 Å². The molecular formula is C15H25N5O. The van der Waals surface area contributed by atoms with Crippen LogP contribution in [-0.2, 0) is 13.1 Å². The SMILES string of the molecule is CCCCCn1c(N)nc2ncn(CCCCC)c2c1=O. The summed E-state index contributed by atoms with van der Waals surface area (Å²) in [5, 5.41) is 0. The Hall–Kier alpha value is -1.85. The van der Waals surface area contributed by atoms with E-state index in [-0.39, 0.29) is 11.5 Å². The Kier molecular flexibility index (Phi) is 5.36. The van der Waals surface area contributed by atoms with Gasteiger partial charge < -0.3 is 10.3 Å². The zero-order chi connectivity index (χ0) is 15.2. The van der Waals surface area contributed by atoms with Crippen molar-refractivity contribution in [1.29, 1.82) is 0 Å². The van der Waals surface area contributed by atoms with Crippen LogP contribution >= 0.6 is 0 Å². The number of nitrogens with two attached hydrogens (primary N) is 1. The molecule has 0 unspecified atom stereocenters. The number of unbranched alkanes of at least 4 members (excludes halogenated alkanes) is 4. The first-order chi connectivity index (χ1) is 10.2. The summed E-state index contributed by atoms with van der Waals surface area (Å²) in [6, 6.07) is 0. The van der Waals surface area contributed by atoms with Gasteiger partial charge in [0.15, 0.2) is 11.2 Å². The third-order valence-corrected chi connectivity index (χ3v) is 3.75. The van der Waals surface area contributed by atoms with Gasteiger partial charge in [0, 0.05) is 13.1 Å². The average molecular weight is 291 g/mol. The number of imidazole rings is 1. The Morgan fingerprint density at radius 1 is 1.10 bits per heavy atom. The summed E-state index contributed by atoms with van der Waals surface area (Å²) in [5.41, 5.74) is 6.88. The predicted octanol–water partition coefficient (Wildman–Crippen LogP) is 2.56. The van der Waals surface area contributed by atoms with Gasteiger partial charge in [0.25, 0.3) is 5.56 Å². The Balaban J connectivity index is 2.32. The monoisotopic (exact) mass is 291 g/mol. The molecule has 0 radical (unpaired) electrons. The van der Waals surface area contributed by atoms with Gasteiger partial charge in [-0.15, -0.1) is 0 Å². The molecule has 2 aromatic rings. The van der Waals surface area contributed by atoms with Gasteiger partial charge in [-0.2, -0.15) is 4.98 Å². The first-order valence-corrected chi connectivity index (χ1v) is 7.90. The minimum Gasteiger partial charge on any atom is -0.369 e. The van der Waals surface area contributed by atoms with Crippen molar-refractivity contribution < 1.29 is 0 Å². The van der Waals surface area contributed by atoms with E-state index in [0.29, 0.717) is 17.7 Å². The van der Waals surface area contributed by atoms with Crippen LogP contribution in [0.1, 0.15) is 52.4 Å². The maximum Gasteiger partial charge on any atom is 0.281 e. The smallest absolute Gasteiger partial charge is 0.281 e. The molecule has 2 N–H and O–H groups in total. The van der Waals surface area contributed by atoms with Crippen molar-refractivity contribution in [2.45, 2.75) is 65.5 Å². The van der Waals surface area contributed by atoms with Crippen LogP contribution in [0.2, 0.25) is 0 Å². The molecule has 0 atom stereocenters. The molecule has 0 bridgehead atoms. The van der Waals surface area contributed by atoms with Gasteiger partial charge in [-0.25, -0.2) is 4.98 Å². The molecule has 2 rings (SSSR count). The number of nitrogens with zero attached hydrogens (tertiary/aromatic N) is 4. The zero-order valence-corrected chi connectivity index (χ0v) is 13.0. The maximum absolute atomic E-state index is 12.6. The van der Waals surface area contributed by atoms with Gasteiger partial charge in [-0.3, -0.25) is 9.36 Å². The molecule has 21 heavy (non-hydrogen) atoms. The molecule has 2 heterocycles. The molecule has 0 spiro atoms. The second-order valence-corrected chi connectivity index (χ2v) is 5.45. The van der Waals surface area contributed by atoms with Gasteiger partial charge in [0.2, 0.25) is 5.95 Å². The minimum absolute atomic E-state index is 0.0670. The van der Waals surface area contributed by atoms with Crippen molar-refractivity contribution in [3.63, 3.8) is 0 Å². The topological polar surface area (TPSA) is 78.7 Å². The highest BCUT2D eigenvalue weighted by Gasteiger charge is 2.13. The van der Waals surface area contributed by atoms with Gasteiger partial charge in [-0.05, 0) is 12.8 Å². The number of hydrogen-bond donors (Lipinski definition) is 1. The van der Waals surface area contributed by atoms with E-state index in [2.05, 4.69) is 23.8 Å². The molecular weight excluding hydrogens is 266 g/mol. The molecule has 0 saturated carbocycles. The Morgan fingerprint density at radius 3 is 2.43 bits per heavy atom. The first-order valence-electron chi connectivity index (χ1n) is 7.90. The van der Waals surface area contributed by atoms with Crippen LogP contribution in [0, 0.1) is 0 Å². The van der Waals surface area contributed by atoms with Crippen LogP contribution in [0.4, 0.5) is 5.95 Å². The minimum atomic E-state index is -0.0670. The van der Waals surface area contributed by atoms with E-state index >= 15 is 0 Å². The van der Waals surface area contributed by atoms with Crippen LogP contribution in [0.3, 0.4) is 0 Å². The highest BCUT2D eigenvalue weighted by Crippen LogP contribution is 2.11. The zero-order valence-electron chi connectivity index (χ0n) is 13.0. The maximum atomic E-state index is 12.6. The normalized spacial score (nSPS) is 11.3. The van der Waals surface area contributed by atoms with Crippen LogP contribution in [0.5, 0.6) is 0 Å². The van der Waals surface area contributed by atoms with E-state index in [1.54, 1.807) is 10.9 Å².